The Hall–Kier alpha value is -3.92. The van der Waals surface area contributed by atoms with Gasteiger partial charge >= 0.3 is 0 Å². The van der Waals surface area contributed by atoms with Gasteiger partial charge in [-0.25, -0.2) is 0 Å². The number of primary amides is 1. The number of nitrogens with zero attached hydrogens (tertiary/aromatic N) is 2. The second-order valence-electron chi connectivity index (χ2n) is 9.25. The zero-order valence-corrected chi connectivity index (χ0v) is 21.9. The molecular formula is C27H31N5O4S. The molecule has 5 N–H and O–H groups in total. The van der Waals surface area contributed by atoms with E-state index in [0.29, 0.717) is 17.0 Å². The number of nitrogens with one attached hydrogen (secondary N) is 1. The van der Waals surface area contributed by atoms with Crippen molar-refractivity contribution in [2.24, 2.45) is 5.73 Å². The van der Waals surface area contributed by atoms with E-state index in [1.165, 1.54) is 4.90 Å². The summed E-state index contributed by atoms with van der Waals surface area (Å²) in [5.74, 6) is -1.05. The Morgan fingerprint density at radius 1 is 1.08 bits per heavy atom. The summed E-state index contributed by atoms with van der Waals surface area (Å²) in [6, 6.07) is 11.6. The molecule has 0 unspecified atom stereocenters. The van der Waals surface area contributed by atoms with Crippen molar-refractivity contribution in [3.63, 3.8) is 0 Å². The fraction of sp³-hybridized carbons (Fsp3) is 0.333. The molecule has 1 aromatic heterocycles. The summed E-state index contributed by atoms with van der Waals surface area (Å²) in [6.07, 6.45) is 3.88. The van der Waals surface area contributed by atoms with Gasteiger partial charge in [0.25, 0.3) is 11.8 Å². The summed E-state index contributed by atoms with van der Waals surface area (Å²) in [5, 5.41) is 3.14. The van der Waals surface area contributed by atoms with E-state index in [1.807, 2.05) is 26.0 Å². The summed E-state index contributed by atoms with van der Waals surface area (Å²) in [7, 11) is 1.56. The van der Waals surface area contributed by atoms with Crippen LogP contribution in [0.1, 0.15) is 68.6 Å². The number of anilines is 2. The van der Waals surface area contributed by atoms with E-state index in [9.17, 15) is 14.4 Å². The Morgan fingerprint density at radius 2 is 1.76 bits per heavy atom. The molecule has 1 heterocycles. The number of rotatable bonds is 8. The van der Waals surface area contributed by atoms with Crippen LogP contribution in [0.4, 0.5) is 11.4 Å². The molecular weight excluding hydrogens is 490 g/mol. The van der Waals surface area contributed by atoms with E-state index in [2.05, 4.69) is 9.69 Å². The highest BCUT2D eigenvalue weighted by molar-refractivity contribution is 7.09. The van der Waals surface area contributed by atoms with Crippen LogP contribution in [0.3, 0.4) is 0 Å². The van der Waals surface area contributed by atoms with Crippen LogP contribution < -0.4 is 26.4 Å². The summed E-state index contributed by atoms with van der Waals surface area (Å²) in [5.41, 5.74) is 14.4. The number of methoxy groups -OCH3 is 1. The van der Waals surface area contributed by atoms with Gasteiger partial charge in [-0.05, 0) is 79.2 Å². The lowest BCUT2D eigenvalue weighted by Crippen LogP contribution is -2.46. The molecule has 4 rings (SSSR count). The van der Waals surface area contributed by atoms with Gasteiger partial charge in [-0.1, -0.05) is 31.0 Å². The third kappa shape index (κ3) is 5.43. The predicted molar refractivity (Wildman–Crippen MR) is 144 cm³/mol. The third-order valence-electron chi connectivity index (χ3n) is 6.78. The second-order valence-corrected chi connectivity index (χ2v) is 10.0. The van der Waals surface area contributed by atoms with Crippen molar-refractivity contribution in [3.8, 4) is 5.75 Å². The predicted octanol–water partition coefficient (Wildman–Crippen LogP) is 3.90. The first kappa shape index (κ1) is 26.2. The van der Waals surface area contributed by atoms with Crippen LogP contribution in [0.15, 0.2) is 42.5 Å². The molecule has 194 valence electrons. The number of ether oxygens (including phenoxy) is 1. The number of aryl methyl sites for hydroxylation is 2. The van der Waals surface area contributed by atoms with Crippen molar-refractivity contribution < 1.29 is 19.1 Å². The molecule has 9 nitrogen and oxygen atoms in total. The largest absolute Gasteiger partial charge is 0.497 e. The molecule has 1 atom stereocenters. The van der Waals surface area contributed by atoms with Gasteiger partial charge in [0.2, 0.25) is 5.91 Å². The highest BCUT2D eigenvalue weighted by Crippen LogP contribution is 2.35. The van der Waals surface area contributed by atoms with Crippen molar-refractivity contribution in [2.45, 2.75) is 51.6 Å². The van der Waals surface area contributed by atoms with Gasteiger partial charge in [0.15, 0.2) is 5.69 Å². The number of hydrogen-bond donors (Lipinski definition) is 3. The Labute approximate surface area is 220 Å². The molecule has 10 heteroatoms. The summed E-state index contributed by atoms with van der Waals surface area (Å²) >= 11 is 0.787. The van der Waals surface area contributed by atoms with Crippen LogP contribution in [0, 0.1) is 13.8 Å². The van der Waals surface area contributed by atoms with E-state index < -0.39 is 17.9 Å². The first-order valence-electron chi connectivity index (χ1n) is 12.1. The van der Waals surface area contributed by atoms with Crippen LogP contribution in [0.25, 0.3) is 0 Å². The van der Waals surface area contributed by atoms with Crippen LogP contribution in [-0.2, 0) is 4.79 Å². The fourth-order valence-electron chi connectivity index (χ4n) is 4.55. The molecule has 0 bridgehead atoms. The number of aromatic nitrogens is 1. The van der Waals surface area contributed by atoms with E-state index >= 15 is 0 Å². The van der Waals surface area contributed by atoms with Crippen molar-refractivity contribution in [1.82, 2.24) is 9.69 Å². The fourth-order valence-corrected chi connectivity index (χ4v) is 5.29. The standard InChI is InChI=1S/C27H31N5O4S/c1-15-8-11-19(14-16(15)2)32(27(35)24-21(28)22(25(29)33)31-37-24)23(17-9-12-20(36-3)13-10-17)26(34)30-18-6-4-5-7-18/h8-14,18,23H,4-7,28H2,1-3H3,(H2,29,33)(H,30,34)/t23-/m1/s1. The zero-order valence-electron chi connectivity index (χ0n) is 21.1. The zero-order chi connectivity index (χ0) is 26.7. The molecule has 1 aliphatic carbocycles. The highest BCUT2D eigenvalue weighted by atomic mass is 32.1. The van der Waals surface area contributed by atoms with Gasteiger partial charge < -0.3 is 21.5 Å². The number of nitrogen functional groups attached to an aromatic ring is 1. The van der Waals surface area contributed by atoms with E-state index in [4.69, 9.17) is 16.2 Å². The van der Waals surface area contributed by atoms with E-state index in [0.717, 1.165) is 48.3 Å². The molecule has 3 aromatic rings. The van der Waals surface area contributed by atoms with Gasteiger partial charge in [0.05, 0.1) is 12.8 Å². The maximum atomic E-state index is 14.1. The first-order chi connectivity index (χ1) is 17.7. The third-order valence-corrected chi connectivity index (χ3v) is 7.63. The molecule has 0 saturated heterocycles. The molecule has 1 aliphatic rings. The van der Waals surface area contributed by atoms with Gasteiger partial charge in [-0.15, -0.1) is 0 Å². The van der Waals surface area contributed by atoms with Gasteiger partial charge in [-0.2, -0.15) is 4.37 Å². The van der Waals surface area contributed by atoms with Crippen molar-refractivity contribution in [1.29, 1.82) is 0 Å². The lowest BCUT2D eigenvalue weighted by atomic mass is 10.0. The molecule has 0 spiro atoms. The average molecular weight is 522 g/mol. The lowest BCUT2D eigenvalue weighted by Gasteiger charge is -2.32. The van der Waals surface area contributed by atoms with Crippen LogP contribution in [-0.4, -0.2) is 35.2 Å². The molecule has 3 amide bonds. The second kappa shape index (κ2) is 11.0. The monoisotopic (exact) mass is 521 g/mol. The molecule has 0 radical (unpaired) electrons. The Kier molecular flexibility index (Phi) is 7.77. The van der Waals surface area contributed by atoms with Crippen molar-refractivity contribution in [3.05, 3.63) is 69.7 Å². The smallest absolute Gasteiger partial charge is 0.273 e. The maximum absolute atomic E-state index is 14.1. The van der Waals surface area contributed by atoms with Crippen LogP contribution in [0.5, 0.6) is 5.75 Å². The van der Waals surface area contributed by atoms with Crippen molar-refractivity contribution >= 4 is 40.6 Å². The number of benzene rings is 2. The number of carbonyl (C=O) groups is 3. The average Bonchev–Trinajstić information content (AvgIpc) is 3.53. The molecule has 2 aromatic carbocycles. The number of amides is 3. The Morgan fingerprint density at radius 3 is 2.32 bits per heavy atom. The maximum Gasteiger partial charge on any atom is 0.273 e. The van der Waals surface area contributed by atoms with Gasteiger partial charge in [0, 0.05) is 11.7 Å². The van der Waals surface area contributed by atoms with E-state index in [1.54, 1.807) is 37.4 Å². The highest BCUT2D eigenvalue weighted by Gasteiger charge is 2.37. The number of carbonyl (C=O) groups excluding carboxylic acids is 3. The minimum Gasteiger partial charge on any atom is -0.497 e. The minimum atomic E-state index is -1.01. The topological polar surface area (TPSA) is 141 Å². The lowest BCUT2D eigenvalue weighted by molar-refractivity contribution is -0.123. The molecule has 0 aliphatic heterocycles. The summed E-state index contributed by atoms with van der Waals surface area (Å²) < 4.78 is 9.31. The molecule has 1 saturated carbocycles. The quantitative estimate of drug-likeness (QED) is 0.411. The summed E-state index contributed by atoms with van der Waals surface area (Å²) in [6.45, 7) is 3.91. The summed E-state index contributed by atoms with van der Waals surface area (Å²) in [4.78, 5) is 41.3. The van der Waals surface area contributed by atoms with E-state index in [-0.39, 0.29) is 28.2 Å². The number of hydrogen-bond acceptors (Lipinski definition) is 7. The van der Waals surface area contributed by atoms with Crippen LogP contribution in [0.2, 0.25) is 0 Å². The Balaban J connectivity index is 1.87. The molecule has 1 fully saturated rings. The first-order valence-corrected chi connectivity index (χ1v) is 12.9. The normalized spacial score (nSPS) is 14.2. The SMILES string of the molecule is COc1ccc([C@H](C(=O)NC2CCCC2)N(C(=O)c2snc(C(N)=O)c2N)c2ccc(C)c(C)c2)cc1. The Bertz CT molecular complexity index is 1310. The molecule has 37 heavy (non-hydrogen) atoms. The van der Waals surface area contributed by atoms with Gasteiger partial charge in [0.1, 0.15) is 16.7 Å². The van der Waals surface area contributed by atoms with Crippen molar-refractivity contribution in [2.75, 3.05) is 17.7 Å². The minimum absolute atomic E-state index is 0.0409. The van der Waals surface area contributed by atoms with Crippen LogP contribution >= 0.6 is 11.5 Å². The number of nitrogens with two attached hydrogens (primary N) is 2. The van der Waals surface area contributed by atoms with Gasteiger partial charge in [-0.3, -0.25) is 19.3 Å².